The first-order valence-electron chi connectivity index (χ1n) is 4.36. The highest BCUT2D eigenvalue weighted by Gasteiger charge is 2.15. The summed E-state index contributed by atoms with van der Waals surface area (Å²) in [6.45, 7) is 0. The van der Waals surface area contributed by atoms with E-state index in [0.29, 0.717) is 17.2 Å². The number of anilines is 1. The van der Waals surface area contributed by atoms with E-state index in [0.717, 1.165) is 0 Å². The average molecular weight is 209 g/mol. The maximum absolute atomic E-state index is 9.80. The van der Waals surface area contributed by atoms with Crippen LogP contribution in [0.3, 0.4) is 0 Å². The number of aryl methyl sites for hydroxylation is 1. The van der Waals surface area contributed by atoms with E-state index < -0.39 is 6.10 Å². The third-order valence-electron chi connectivity index (χ3n) is 1.98. The number of aliphatic hydroxyl groups is 1. The Morgan fingerprint density at radius 2 is 2.47 bits per heavy atom. The monoisotopic (exact) mass is 209 g/mol. The normalized spacial score (nSPS) is 12.9. The summed E-state index contributed by atoms with van der Waals surface area (Å²) >= 11 is 0. The van der Waals surface area contributed by atoms with Crippen LogP contribution >= 0.6 is 0 Å². The number of H-pyrrole nitrogens is 1. The van der Waals surface area contributed by atoms with E-state index >= 15 is 0 Å². The van der Waals surface area contributed by atoms with Crippen molar-refractivity contribution in [3.63, 3.8) is 0 Å². The van der Waals surface area contributed by atoms with Gasteiger partial charge in [0.2, 0.25) is 0 Å². The predicted molar refractivity (Wildman–Crippen MR) is 50.5 cm³/mol. The lowest BCUT2D eigenvalue weighted by atomic mass is 10.1. The van der Waals surface area contributed by atoms with Crippen LogP contribution in [0.2, 0.25) is 0 Å². The van der Waals surface area contributed by atoms with Crippen LogP contribution in [0.25, 0.3) is 0 Å². The Kier molecular flexibility index (Phi) is 2.34. The molecule has 0 saturated carbocycles. The molecule has 1 unspecified atom stereocenters. The molecule has 0 aromatic carbocycles. The van der Waals surface area contributed by atoms with Crippen molar-refractivity contribution >= 4 is 5.82 Å². The molecule has 0 radical (unpaired) electrons. The second kappa shape index (κ2) is 3.65. The Morgan fingerprint density at radius 3 is 3.00 bits per heavy atom. The zero-order valence-electron chi connectivity index (χ0n) is 8.12. The molecule has 4 N–H and O–H groups in total. The van der Waals surface area contributed by atoms with Gasteiger partial charge in [0.05, 0.1) is 19.3 Å². The fourth-order valence-electron chi connectivity index (χ4n) is 1.26. The fourth-order valence-corrected chi connectivity index (χ4v) is 1.26. The van der Waals surface area contributed by atoms with E-state index in [1.54, 1.807) is 7.05 Å². The molecule has 0 saturated heterocycles. The third kappa shape index (κ3) is 1.94. The van der Waals surface area contributed by atoms with E-state index in [2.05, 4.69) is 25.6 Å². The molecule has 0 amide bonds. The maximum Gasteiger partial charge on any atom is 0.177 e. The average Bonchev–Trinajstić information content (AvgIpc) is 2.75. The van der Waals surface area contributed by atoms with Crippen molar-refractivity contribution in [3.8, 4) is 0 Å². The number of aromatic amines is 1. The van der Waals surface area contributed by atoms with Crippen LogP contribution in [0.5, 0.6) is 0 Å². The summed E-state index contributed by atoms with van der Waals surface area (Å²) in [5.41, 5.74) is 6.10. The number of nitrogen functional groups attached to an aromatic ring is 1. The van der Waals surface area contributed by atoms with E-state index in [-0.39, 0.29) is 6.42 Å². The van der Waals surface area contributed by atoms with Gasteiger partial charge in [-0.25, -0.2) is 0 Å². The number of nitrogens with one attached hydrogen (secondary N) is 1. The lowest BCUT2D eigenvalue weighted by Gasteiger charge is -2.05. The van der Waals surface area contributed by atoms with E-state index in [1.165, 1.54) is 11.0 Å². The van der Waals surface area contributed by atoms with E-state index in [9.17, 15) is 5.11 Å². The van der Waals surface area contributed by atoms with Crippen molar-refractivity contribution in [1.29, 1.82) is 0 Å². The molecule has 2 rings (SSSR count). The Morgan fingerprint density at radius 1 is 1.67 bits per heavy atom. The molecule has 1 atom stereocenters. The fraction of sp³-hybridized carbons (Fsp3) is 0.429. The van der Waals surface area contributed by atoms with Crippen LogP contribution in [-0.4, -0.2) is 35.5 Å². The van der Waals surface area contributed by atoms with Gasteiger partial charge in [-0.1, -0.05) is 0 Å². The topological polar surface area (TPSA) is 119 Å². The Hall–Kier alpha value is -1.96. The molecular formula is C7H11N7O. The summed E-state index contributed by atoms with van der Waals surface area (Å²) in [7, 11) is 1.66. The van der Waals surface area contributed by atoms with Crippen molar-refractivity contribution < 1.29 is 5.11 Å². The van der Waals surface area contributed by atoms with Crippen LogP contribution < -0.4 is 5.73 Å². The minimum Gasteiger partial charge on any atom is -0.388 e. The van der Waals surface area contributed by atoms with E-state index in [1.807, 2.05) is 0 Å². The lowest BCUT2D eigenvalue weighted by molar-refractivity contribution is 0.176. The summed E-state index contributed by atoms with van der Waals surface area (Å²) in [6, 6.07) is 0. The van der Waals surface area contributed by atoms with Gasteiger partial charge < -0.3 is 10.8 Å². The summed E-state index contributed by atoms with van der Waals surface area (Å²) in [4.78, 5) is 1.33. The first-order valence-corrected chi connectivity index (χ1v) is 4.36. The van der Waals surface area contributed by atoms with Crippen LogP contribution in [0.4, 0.5) is 5.82 Å². The quantitative estimate of drug-likeness (QED) is 0.583. The largest absolute Gasteiger partial charge is 0.388 e. The number of hydrogen-bond acceptors (Lipinski definition) is 6. The first-order chi connectivity index (χ1) is 7.16. The summed E-state index contributed by atoms with van der Waals surface area (Å²) in [5.74, 6) is 0.817. The van der Waals surface area contributed by atoms with Crippen LogP contribution in [0, 0.1) is 0 Å². The summed E-state index contributed by atoms with van der Waals surface area (Å²) in [6.07, 6.45) is 0.974. The number of rotatable bonds is 3. The highest BCUT2D eigenvalue weighted by Crippen LogP contribution is 2.19. The molecule has 8 heteroatoms. The third-order valence-corrected chi connectivity index (χ3v) is 1.98. The zero-order valence-corrected chi connectivity index (χ0v) is 8.12. The van der Waals surface area contributed by atoms with Gasteiger partial charge >= 0.3 is 0 Å². The number of hydrogen-bond donors (Lipinski definition) is 3. The lowest BCUT2D eigenvalue weighted by Crippen LogP contribution is -2.05. The standard InChI is InChI=1S/C7H11N7O/c1-14-12-6(10-13-14)2-5(15)4-3-9-11-7(4)8/h3,5,15H,2H2,1H3,(H3,8,9,11). The van der Waals surface area contributed by atoms with Crippen LogP contribution in [0.1, 0.15) is 17.5 Å². The molecule has 2 aromatic heterocycles. The molecule has 0 bridgehead atoms. The van der Waals surface area contributed by atoms with Gasteiger partial charge in [-0.15, -0.1) is 10.2 Å². The number of nitrogens with two attached hydrogens (primary N) is 1. The first kappa shape index (κ1) is 9.59. The second-order valence-corrected chi connectivity index (χ2v) is 3.15. The Balaban J connectivity index is 2.10. The molecule has 0 aliphatic carbocycles. The van der Waals surface area contributed by atoms with Gasteiger partial charge in [0.1, 0.15) is 5.82 Å². The minimum atomic E-state index is -0.770. The molecule has 2 aromatic rings. The van der Waals surface area contributed by atoms with Crippen molar-refractivity contribution in [2.24, 2.45) is 7.05 Å². The maximum atomic E-state index is 9.80. The van der Waals surface area contributed by atoms with Gasteiger partial charge in [-0.2, -0.15) is 9.90 Å². The smallest absolute Gasteiger partial charge is 0.177 e. The van der Waals surface area contributed by atoms with Crippen LogP contribution in [-0.2, 0) is 13.5 Å². The van der Waals surface area contributed by atoms with Crippen molar-refractivity contribution in [1.82, 2.24) is 30.4 Å². The molecule has 2 heterocycles. The Bertz CT molecular complexity index is 448. The molecule has 0 fully saturated rings. The minimum absolute atomic E-state index is 0.261. The number of nitrogens with zero attached hydrogens (tertiary/aromatic N) is 5. The van der Waals surface area contributed by atoms with E-state index in [4.69, 9.17) is 5.73 Å². The van der Waals surface area contributed by atoms with Gasteiger partial charge in [0.25, 0.3) is 0 Å². The SMILES string of the molecule is Cn1nnc(CC(O)c2cn[nH]c2N)n1. The Labute approximate surface area is 85.1 Å². The highest BCUT2D eigenvalue weighted by molar-refractivity contribution is 5.38. The molecule has 8 nitrogen and oxygen atoms in total. The van der Waals surface area contributed by atoms with Gasteiger partial charge in [-0.3, -0.25) is 5.10 Å². The van der Waals surface area contributed by atoms with Crippen molar-refractivity contribution in [3.05, 3.63) is 17.6 Å². The second-order valence-electron chi connectivity index (χ2n) is 3.15. The van der Waals surface area contributed by atoms with Crippen molar-refractivity contribution in [2.75, 3.05) is 5.73 Å². The number of aliphatic hydroxyl groups excluding tert-OH is 1. The highest BCUT2D eigenvalue weighted by atomic mass is 16.3. The van der Waals surface area contributed by atoms with Crippen LogP contribution in [0.15, 0.2) is 6.20 Å². The molecule has 0 aliphatic rings. The molecule has 0 spiro atoms. The summed E-state index contributed by atoms with van der Waals surface area (Å²) in [5, 5.41) is 27.4. The molecule has 0 aliphatic heterocycles. The zero-order chi connectivity index (χ0) is 10.8. The molecule has 15 heavy (non-hydrogen) atoms. The van der Waals surface area contributed by atoms with Gasteiger partial charge in [0.15, 0.2) is 5.82 Å². The van der Waals surface area contributed by atoms with Gasteiger partial charge in [-0.05, 0) is 5.21 Å². The molecule has 80 valence electrons. The predicted octanol–water partition coefficient (Wildman–Crippen LogP) is -1.21. The summed E-state index contributed by atoms with van der Waals surface area (Å²) < 4.78 is 0. The van der Waals surface area contributed by atoms with Crippen molar-refractivity contribution in [2.45, 2.75) is 12.5 Å². The number of tetrazole rings is 1. The van der Waals surface area contributed by atoms with Gasteiger partial charge in [0, 0.05) is 12.0 Å². The number of aromatic nitrogens is 6. The molecular weight excluding hydrogens is 198 g/mol.